The van der Waals surface area contributed by atoms with E-state index in [-0.39, 0.29) is 18.1 Å². The third kappa shape index (κ3) is 3.81. The van der Waals surface area contributed by atoms with Crippen LogP contribution in [0.4, 0.5) is 16.2 Å². The van der Waals surface area contributed by atoms with Crippen LogP contribution in [0.15, 0.2) is 52.9 Å². The number of halogens is 1. The van der Waals surface area contributed by atoms with E-state index < -0.39 is 11.7 Å². The number of nitrogens with two attached hydrogens (primary N) is 1. The van der Waals surface area contributed by atoms with Crippen LogP contribution in [0.2, 0.25) is 0 Å². The molecule has 0 fully saturated rings. The molecule has 0 spiro atoms. The van der Waals surface area contributed by atoms with Crippen LogP contribution in [0.25, 0.3) is 11.8 Å². The molecule has 0 saturated carbocycles. The topological polar surface area (TPSA) is 108 Å². The van der Waals surface area contributed by atoms with Crippen LogP contribution < -0.4 is 16.6 Å². The Labute approximate surface area is 163 Å². The van der Waals surface area contributed by atoms with Crippen LogP contribution in [0, 0.1) is 5.82 Å². The number of pyridine rings is 1. The highest BCUT2D eigenvalue weighted by Crippen LogP contribution is 2.20. The summed E-state index contributed by atoms with van der Waals surface area (Å²) >= 11 is 1.23. The SMILES string of the molecule is C=Cc1ccc(=O)n(-c2ccc(F)cc2)c1NCC(=O)n1nc(N)nc1SC. The van der Waals surface area contributed by atoms with E-state index in [1.807, 2.05) is 0 Å². The summed E-state index contributed by atoms with van der Waals surface area (Å²) in [5.41, 5.74) is 6.26. The van der Waals surface area contributed by atoms with Gasteiger partial charge >= 0.3 is 0 Å². The van der Waals surface area contributed by atoms with Crippen LogP contribution >= 0.6 is 11.8 Å². The van der Waals surface area contributed by atoms with Gasteiger partial charge in [0, 0.05) is 11.6 Å². The fourth-order valence-corrected chi connectivity index (χ4v) is 3.09. The molecule has 28 heavy (non-hydrogen) atoms. The van der Waals surface area contributed by atoms with Gasteiger partial charge in [-0.25, -0.2) is 4.39 Å². The van der Waals surface area contributed by atoms with Gasteiger partial charge in [-0.3, -0.25) is 14.2 Å². The molecule has 2 heterocycles. The largest absolute Gasteiger partial charge is 0.366 e. The Bertz CT molecular complexity index is 1090. The van der Waals surface area contributed by atoms with E-state index in [4.69, 9.17) is 5.73 Å². The molecular weight excluding hydrogens is 383 g/mol. The first-order chi connectivity index (χ1) is 13.4. The summed E-state index contributed by atoms with van der Waals surface area (Å²) in [6.07, 6.45) is 3.30. The molecule has 0 aliphatic rings. The number of hydrogen-bond acceptors (Lipinski definition) is 7. The molecular formula is C18H17FN6O2S. The van der Waals surface area contributed by atoms with Gasteiger partial charge in [0.2, 0.25) is 5.95 Å². The number of anilines is 2. The van der Waals surface area contributed by atoms with Crippen LogP contribution in [0.5, 0.6) is 0 Å². The van der Waals surface area contributed by atoms with Crippen LogP contribution in [0.1, 0.15) is 10.4 Å². The number of benzene rings is 1. The predicted octanol–water partition coefficient (Wildman–Crippen LogP) is 2.27. The monoisotopic (exact) mass is 400 g/mol. The highest BCUT2D eigenvalue weighted by atomic mass is 32.2. The molecule has 0 aliphatic heterocycles. The van der Waals surface area contributed by atoms with Gasteiger partial charge in [-0.05, 0) is 36.6 Å². The molecule has 0 radical (unpaired) electrons. The second-order valence-electron chi connectivity index (χ2n) is 5.61. The number of carbonyl (C=O) groups is 1. The molecule has 0 atom stereocenters. The van der Waals surface area contributed by atoms with Crippen molar-refractivity contribution in [2.75, 3.05) is 23.9 Å². The van der Waals surface area contributed by atoms with Crippen LogP contribution in [0.3, 0.4) is 0 Å². The smallest absolute Gasteiger partial charge is 0.268 e. The lowest BCUT2D eigenvalue weighted by molar-refractivity contribution is 0.0901. The zero-order valence-electron chi connectivity index (χ0n) is 14.9. The van der Waals surface area contributed by atoms with Crippen molar-refractivity contribution < 1.29 is 9.18 Å². The highest BCUT2D eigenvalue weighted by Gasteiger charge is 2.16. The normalized spacial score (nSPS) is 10.6. The minimum absolute atomic E-state index is 0.00703. The lowest BCUT2D eigenvalue weighted by Crippen LogP contribution is -2.27. The Morgan fingerprint density at radius 3 is 2.68 bits per heavy atom. The first kappa shape index (κ1) is 19.4. The van der Waals surface area contributed by atoms with Crippen molar-refractivity contribution in [1.29, 1.82) is 0 Å². The summed E-state index contributed by atoms with van der Waals surface area (Å²) in [5, 5.41) is 7.20. The first-order valence-corrected chi connectivity index (χ1v) is 9.35. The fourth-order valence-electron chi connectivity index (χ4n) is 2.59. The fraction of sp³-hybridized carbons (Fsp3) is 0.111. The molecule has 0 saturated heterocycles. The number of nitrogen functional groups attached to an aromatic ring is 1. The lowest BCUT2D eigenvalue weighted by atomic mass is 10.2. The molecule has 0 aliphatic carbocycles. The zero-order chi connectivity index (χ0) is 20.3. The molecule has 3 N–H and O–H groups in total. The molecule has 3 aromatic rings. The summed E-state index contributed by atoms with van der Waals surface area (Å²) < 4.78 is 15.7. The number of nitrogens with zero attached hydrogens (tertiary/aromatic N) is 4. The maximum atomic E-state index is 13.3. The van der Waals surface area contributed by atoms with E-state index in [1.165, 1.54) is 46.7 Å². The van der Waals surface area contributed by atoms with E-state index >= 15 is 0 Å². The molecule has 2 aromatic heterocycles. The van der Waals surface area contributed by atoms with Crippen molar-refractivity contribution in [3.8, 4) is 5.69 Å². The molecule has 8 nitrogen and oxygen atoms in total. The van der Waals surface area contributed by atoms with Crippen molar-refractivity contribution in [3.63, 3.8) is 0 Å². The summed E-state index contributed by atoms with van der Waals surface area (Å²) in [5.74, 6) is -0.492. The van der Waals surface area contributed by atoms with E-state index in [0.29, 0.717) is 22.2 Å². The Kier molecular flexibility index (Phi) is 5.59. The van der Waals surface area contributed by atoms with Crippen LogP contribution in [-0.2, 0) is 0 Å². The maximum Gasteiger partial charge on any atom is 0.268 e. The van der Waals surface area contributed by atoms with Gasteiger partial charge < -0.3 is 11.1 Å². The predicted molar refractivity (Wildman–Crippen MR) is 107 cm³/mol. The van der Waals surface area contributed by atoms with Gasteiger partial charge in [-0.2, -0.15) is 9.67 Å². The molecule has 10 heteroatoms. The number of nitrogens with one attached hydrogen (secondary N) is 1. The number of aromatic nitrogens is 4. The lowest BCUT2D eigenvalue weighted by Gasteiger charge is -2.17. The van der Waals surface area contributed by atoms with Gasteiger partial charge in [0.05, 0.1) is 12.2 Å². The van der Waals surface area contributed by atoms with Gasteiger partial charge in [0.25, 0.3) is 11.5 Å². The summed E-state index contributed by atoms with van der Waals surface area (Å²) in [6, 6.07) is 8.40. The molecule has 144 valence electrons. The Morgan fingerprint density at radius 1 is 1.32 bits per heavy atom. The zero-order valence-corrected chi connectivity index (χ0v) is 15.7. The second-order valence-corrected chi connectivity index (χ2v) is 6.38. The van der Waals surface area contributed by atoms with Gasteiger partial charge in [0.1, 0.15) is 11.6 Å². The molecule has 0 amide bonds. The van der Waals surface area contributed by atoms with Crippen molar-refractivity contribution in [1.82, 2.24) is 19.3 Å². The Hall–Kier alpha value is -3.40. The van der Waals surface area contributed by atoms with E-state index in [2.05, 4.69) is 22.0 Å². The summed E-state index contributed by atoms with van der Waals surface area (Å²) in [4.78, 5) is 29.0. The first-order valence-electron chi connectivity index (χ1n) is 8.12. The average Bonchev–Trinajstić information content (AvgIpc) is 3.08. The van der Waals surface area contributed by atoms with Crippen molar-refractivity contribution in [2.24, 2.45) is 0 Å². The van der Waals surface area contributed by atoms with E-state index in [0.717, 1.165) is 4.68 Å². The number of carbonyl (C=O) groups excluding carboxylic acids is 1. The van der Waals surface area contributed by atoms with Gasteiger partial charge in [-0.15, -0.1) is 5.10 Å². The number of rotatable bonds is 6. The third-order valence-corrected chi connectivity index (χ3v) is 4.48. The Morgan fingerprint density at radius 2 is 2.04 bits per heavy atom. The molecule has 1 aromatic carbocycles. The number of hydrogen-bond donors (Lipinski definition) is 2. The minimum Gasteiger partial charge on any atom is -0.366 e. The van der Waals surface area contributed by atoms with E-state index in [1.54, 1.807) is 18.4 Å². The van der Waals surface area contributed by atoms with Gasteiger partial charge in [0.15, 0.2) is 5.16 Å². The van der Waals surface area contributed by atoms with Gasteiger partial charge in [-0.1, -0.05) is 24.4 Å². The summed E-state index contributed by atoms with van der Waals surface area (Å²) in [7, 11) is 0. The number of thioether (sulfide) groups is 1. The third-order valence-electron chi connectivity index (χ3n) is 3.85. The van der Waals surface area contributed by atoms with Crippen molar-refractivity contribution in [2.45, 2.75) is 5.16 Å². The highest BCUT2D eigenvalue weighted by molar-refractivity contribution is 7.98. The molecule has 0 unspecified atom stereocenters. The molecule has 0 bridgehead atoms. The van der Waals surface area contributed by atoms with E-state index in [9.17, 15) is 14.0 Å². The summed E-state index contributed by atoms with van der Waals surface area (Å²) in [6.45, 7) is 3.56. The molecule has 3 rings (SSSR count). The minimum atomic E-state index is -0.422. The second kappa shape index (κ2) is 8.09. The van der Waals surface area contributed by atoms with Crippen molar-refractivity contribution in [3.05, 3.63) is 64.7 Å². The quantitative estimate of drug-likeness (QED) is 0.611. The standard InChI is InChI=1S/C18H17FN6O2S/c1-3-11-4-9-14(26)24(13-7-5-12(19)6-8-13)16(11)21-10-15(27)25-18(28-2)22-17(20)23-25/h3-9,21H,1,10H2,2H3,(H2,20,23). The average molecular weight is 400 g/mol. The van der Waals surface area contributed by atoms with Crippen molar-refractivity contribution >= 4 is 35.5 Å². The Balaban J connectivity index is 1.98. The van der Waals surface area contributed by atoms with Crippen LogP contribution in [-0.4, -0.2) is 38.0 Å². The maximum absolute atomic E-state index is 13.3.